The van der Waals surface area contributed by atoms with Gasteiger partial charge in [-0.15, -0.1) is 0 Å². The molecule has 1 aromatic heterocycles. The lowest BCUT2D eigenvalue weighted by molar-refractivity contribution is -0.137. The first-order valence-electron chi connectivity index (χ1n) is 11.1. The molecular weight excluding hydrogens is 453 g/mol. The standard InChI is InChI=1S/C22H27F3N6O3/c1-26-19-9-20(29-12-28-19)34-15-5-3-14(4-6-15)30-21(32)31-17-8-13(22(23,24)25)2-7-18(17)33-16-10-27-11-16/h2,7-9,12,14-16,27H,3-6,10-11H2,1H3,(H,26,28,29)(H2,30,31,32)/t14-,15-. The van der Waals surface area contributed by atoms with Crippen LogP contribution in [0.4, 0.5) is 29.5 Å². The lowest BCUT2D eigenvalue weighted by Crippen LogP contribution is -2.50. The third-order valence-corrected chi connectivity index (χ3v) is 5.79. The third kappa shape index (κ3) is 6.19. The molecule has 4 N–H and O–H groups in total. The van der Waals surface area contributed by atoms with Gasteiger partial charge in [0.1, 0.15) is 30.1 Å². The van der Waals surface area contributed by atoms with Crippen molar-refractivity contribution < 1.29 is 27.4 Å². The molecule has 12 heteroatoms. The molecule has 2 amide bonds. The maximum absolute atomic E-state index is 13.2. The van der Waals surface area contributed by atoms with Crippen LogP contribution < -0.4 is 30.7 Å². The molecule has 9 nitrogen and oxygen atoms in total. The van der Waals surface area contributed by atoms with Crippen LogP contribution >= 0.6 is 0 Å². The maximum Gasteiger partial charge on any atom is 0.416 e. The van der Waals surface area contributed by atoms with Gasteiger partial charge in [-0.05, 0) is 43.9 Å². The summed E-state index contributed by atoms with van der Waals surface area (Å²) in [5, 5.41) is 11.3. The fourth-order valence-electron chi connectivity index (χ4n) is 3.81. The van der Waals surface area contributed by atoms with E-state index in [0.29, 0.717) is 50.5 Å². The number of nitrogens with one attached hydrogen (secondary N) is 4. The normalized spacial score (nSPS) is 20.7. The smallest absolute Gasteiger partial charge is 0.416 e. The van der Waals surface area contributed by atoms with Crippen molar-refractivity contribution in [1.82, 2.24) is 20.6 Å². The fourth-order valence-corrected chi connectivity index (χ4v) is 3.81. The van der Waals surface area contributed by atoms with Crippen LogP contribution in [0.25, 0.3) is 0 Å². The zero-order valence-corrected chi connectivity index (χ0v) is 18.6. The Balaban J connectivity index is 1.32. The summed E-state index contributed by atoms with van der Waals surface area (Å²) >= 11 is 0. The Morgan fingerprint density at radius 1 is 1.06 bits per heavy atom. The van der Waals surface area contributed by atoms with Gasteiger partial charge in [0.2, 0.25) is 5.88 Å². The number of anilines is 2. The van der Waals surface area contributed by atoms with E-state index in [1.54, 1.807) is 13.1 Å². The molecule has 1 aliphatic carbocycles. The molecule has 1 aromatic carbocycles. The Bertz CT molecular complexity index is 994. The van der Waals surface area contributed by atoms with Gasteiger partial charge in [-0.2, -0.15) is 13.2 Å². The van der Waals surface area contributed by atoms with Crippen LogP contribution in [-0.4, -0.2) is 54.4 Å². The Morgan fingerprint density at radius 2 is 1.82 bits per heavy atom. The fraction of sp³-hybridized carbons (Fsp3) is 0.500. The average molecular weight is 480 g/mol. The Morgan fingerprint density at radius 3 is 2.47 bits per heavy atom. The number of amides is 2. The van der Waals surface area contributed by atoms with Crippen LogP contribution in [0.15, 0.2) is 30.6 Å². The number of hydrogen-bond acceptors (Lipinski definition) is 7. The number of hydrogen-bond donors (Lipinski definition) is 4. The van der Waals surface area contributed by atoms with Gasteiger partial charge < -0.3 is 30.7 Å². The monoisotopic (exact) mass is 480 g/mol. The number of alkyl halides is 3. The highest BCUT2D eigenvalue weighted by Crippen LogP contribution is 2.35. The van der Waals surface area contributed by atoms with Crippen molar-refractivity contribution in [3.63, 3.8) is 0 Å². The molecule has 0 bridgehead atoms. The molecule has 0 radical (unpaired) electrons. The van der Waals surface area contributed by atoms with Gasteiger partial charge in [0.05, 0.1) is 11.3 Å². The van der Waals surface area contributed by atoms with Crippen LogP contribution in [0.5, 0.6) is 11.6 Å². The maximum atomic E-state index is 13.2. The lowest BCUT2D eigenvalue weighted by atomic mass is 9.93. The first kappa shape index (κ1) is 23.9. The van der Waals surface area contributed by atoms with Crippen molar-refractivity contribution in [1.29, 1.82) is 0 Å². The number of carbonyl (C=O) groups is 1. The molecule has 2 aliphatic rings. The second-order valence-electron chi connectivity index (χ2n) is 8.29. The van der Waals surface area contributed by atoms with Crippen molar-refractivity contribution in [3.8, 4) is 11.6 Å². The van der Waals surface area contributed by atoms with Gasteiger partial charge in [0.25, 0.3) is 0 Å². The number of carbonyl (C=O) groups excluding carboxylic acids is 1. The number of nitrogens with zero attached hydrogens (tertiary/aromatic N) is 2. The van der Waals surface area contributed by atoms with E-state index in [-0.39, 0.29) is 29.7 Å². The van der Waals surface area contributed by atoms with Gasteiger partial charge in [-0.25, -0.2) is 14.8 Å². The highest BCUT2D eigenvalue weighted by Gasteiger charge is 2.32. The van der Waals surface area contributed by atoms with E-state index in [9.17, 15) is 18.0 Å². The SMILES string of the molecule is CNc1cc(O[C@H]2CC[C@H](NC(=O)Nc3cc(C(F)(F)F)ccc3OC3CNC3)CC2)ncn1. The van der Waals surface area contributed by atoms with Gasteiger partial charge >= 0.3 is 12.2 Å². The summed E-state index contributed by atoms with van der Waals surface area (Å²) in [6.07, 6.45) is -0.545. The minimum Gasteiger partial charge on any atom is -0.486 e. The molecule has 0 atom stereocenters. The van der Waals surface area contributed by atoms with Crippen LogP contribution in [0.3, 0.4) is 0 Å². The van der Waals surface area contributed by atoms with Gasteiger partial charge in [-0.1, -0.05) is 0 Å². The minimum atomic E-state index is -4.53. The summed E-state index contributed by atoms with van der Waals surface area (Å²) in [6.45, 7) is 1.20. The minimum absolute atomic E-state index is 0.0136. The highest BCUT2D eigenvalue weighted by atomic mass is 19.4. The number of halogens is 3. The average Bonchev–Trinajstić information content (AvgIpc) is 2.77. The zero-order chi connectivity index (χ0) is 24.1. The molecule has 0 spiro atoms. The number of ether oxygens (including phenoxy) is 2. The van der Waals surface area contributed by atoms with E-state index < -0.39 is 17.8 Å². The molecule has 34 heavy (non-hydrogen) atoms. The predicted molar refractivity (Wildman–Crippen MR) is 119 cm³/mol. The molecule has 2 heterocycles. The largest absolute Gasteiger partial charge is 0.486 e. The van der Waals surface area contributed by atoms with Crippen LogP contribution in [0.2, 0.25) is 0 Å². The molecule has 2 fully saturated rings. The van der Waals surface area contributed by atoms with Crippen LogP contribution in [0, 0.1) is 0 Å². The van der Waals surface area contributed by atoms with E-state index in [0.717, 1.165) is 12.1 Å². The van der Waals surface area contributed by atoms with E-state index in [1.807, 2.05) is 0 Å². The van der Waals surface area contributed by atoms with Crippen LogP contribution in [-0.2, 0) is 6.18 Å². The molecular formula is C22H27F3N6O3. The summed E-state index contributed by atoms with van der Waals surface area (Å²) in [6, 6.07) is 4.10. The second kappa shape index (κ2) is 10.3. The topological polar surface area (TPSA) is 109 Å². The van der Waals surface area contributed by atoms with E-state index >= 15 is 0 Å². The summed E-state index contributed by atoms with van der Waals surface area (Å²) in [5.41, 5.74) is -0.869. The molecule has 1 saturated carbocycles. The molecule has 4 rings (SSSR count). The third-order valence-electron chi connectivity index (χ3n) is 5.79. The number of benzene rings is 1. The second-order valence-corrected chi connectivity index (χ2v) is 8.29. The quantitative estimate of drug-likeness (QED) is 0.481. The molecule has 0 unspecified atom stereocenters. The first-order valence-corrected chi connectivity index (χ1v) is 11.1. The van der Waals surface area contributed by atoms with Gasteiger partial charge in [0.15, 0.2) is 0 Å². The van der Waals surface area contributed by atoms with Crippen molar-refractivity contribution in [2.24, 2.45) is 0 Å². The van der Waals surface area contributed by atoms with Crippen molar-refractivity contribution in [2.45, 2.75) is 50.1 Å². The van der Waals surface area contributed by atoms with Crippen molar-refractivity contribution in [3.05, 3.63) is 36.2 Å². The Labute approximate surface area is 194 Å². The van der Waals surface area contributed by atoms with Gasteiger partial charge in [-0.3, -0.25) is 0 Å². The molecule has 2 aromatic rings. The van der Waals surface area contributed by atoms with Crippen molar-refractivity contribution >= 4 is 17.5 Å². The lowest BCUT2D eigenvalue weighted by Gasteiger charge is -2.30. The van der Waals surface area contributed by atoms with E-state index in [4.69, 9.17) is 9.47 Å². The molecule has 1 aliphatic heterocycles. The highest BCUT2D eigenvalue weighted by molar-refractivity contribution is 5.91. The number of rotatable bonds is 7. The summed E-state index contributed by atoms with van der Waals surface area (Å²) in [4.78, 5) is 20.7. The van der Waals surface area contributed by atoms with E-state index in [1.165, 1.54) is 12.4 Å². The summed E-state index contributed by atoms with van der Waals surface area (Å²) in [5.74, 6) is 1.34. The van der Waals surface area contributed by atoms with Gasteiger partial charge in [0, 0.05) is 32.2 Å². The molecule has 1 saturated heterocycles. The number of urea groups is 1. The summed E-state index contributed by atoms with van der Waals surface area (Å²) in [7, 11) is 1.76. The zero-order valence-electron chi connectivity index (χ0n) is 18.6. The predicted octanol–water partition coefficient (Wildman–Crippen LogP) is 3.40. The number of aromatic nitrogens is 2. The van der Waals surface area contributed by atoms with E-state index in [2.05, 4.69) is 31.2 Å². The van der Waals surface area contributed by atoms with Crippen molar-refractivity contribution in [2.75, 3.05) is 30.8 Å². The first-order chi connectivity index (χ1) is 16.3. The summed E-state index contributed by atoms with van der Waals surface area (Å²) < 4.78 is 51.2. The Kier molecular flexibility index (Phi) is 7.25. The Hall–Kier alpha value is -3.28. The van der Waals surface area contributed by atoms with Crippen LogP contribution in [0.1, 0.15) is 31.2 Å². The molecule has 184 valence electrons.